The van der Waals surface area contributed by atoms with Gasteiger partial charge in [0.15, 0.2) is 0 Å². The van der Waals surface area contributed by atoms with Gasteiger partial charge >= 0.3 is 12.1 Å². The molecular formula is C25H18F3N3O3. The fourth-order valence-electron chi connectivity index (χ4n) is 3.50. The number of H-pyrrole nitrogens is 1. The number of halogens is 3. The van der Waals surface area contributed by atoms with E-state index in [1.807, 2.05) is 5.32 Å². The van der Waals surface area contributed by atoms with Crippen LogP contribution in [0.5, 0.6) is 0 Å². The van der Waals surface area contributed by atoms with Crippen LogP contribution in [0.1, 0.15) is 15.9 Å². The number of para-hydroxylation sites is 1. The highest BCUT2D eigenvalue weighted by molar-refractivity contribution is 6.05. The van der Waals surface area contributed by atoms with Crippen molar-refractivity contribution < 1.29 is 22.8 Å². The Labute approximate surface area is 191 Å². The quantitative estimate of drug-likeness (QED) is 0.402. The second-order valence-corrected chi connectivity index (χ2v) is 7.45. The normalized spacial score (nSPS) is 11.3. The predicted molar refractivity (Wildman–Crippen MR) is 122 cm³/mol. The summed E-state index contributed by atoms with van der Waals surface area (Å²) >= 11 is 0. The molecule has 3 aromatic carbocycles. The molecule has 0 saturated heterocycles. The van der Waals surface area contributed by atoms with Gasteiger partial charge in [0.1, 0.15) is 5.56 Å². The van der Waals surface area contributed by atoms with Crippen molar-refractivity contribution in [2.24, 2.45) is 0 Å². The molecule has 2 amide bonds. The van der Waals surface area contributed by atoms with Crippen molar-refractivity contribution in [2.45, 2.75) is 12.7 Å². The fourth-order valence-corrected chi connectivity index (χ4v) is 3.50. The number of alkyl halides is 3. The molecule has 0 atom stereocenters. The van der Waals surface area contributed by atoms with Crippen molar-refractivity contribution in [3.05, 3.63) is 100 Å². The molecule has 4 aromatic rings. The summed E-state index contributed by atoms with van der Waals surface area (Å²) in [4.78, 5) is 39.4. The number of rotatable bonds is 5. The number of pyridine rings is 1. The van der Waals surface area contributed by atoms with Gasteiger partial charge in [-0.1, -0.05) is 48.5 Å². The summed E-state index contributed by atoms with van der Waals surface area (Å²) in [6, 6.07) is 20.2. The Hall–Kier alpha value is -4.40. The first-order valence-corrected chi connectivity index (χ1v) is 10.2. The van der Waals surface area contributed by atoms with Crippen LogP contribution in [-0.2, 0) is 11.3 Å². The van der Waals surface area contributed by atoms with Crippen LogP contribution < -0.4 is 16.1 Å². The third-order valence-electron chi connectivity index (χ3n) is 5.20. The maximum absolute atomic E-state index is 12.7. The zero-order chi connectivity index (χ0) is 24.3. The molecule has 6 nitrogen and oxygen atoms in total. The van der Waals surface area contributed by atoms with Crippen LogP contribution in [0.15, 0.2) is 83.8 Å². The Morgan fingerprint density at radius 3 is 2.29 bits per heavy atom. The van der Waals surface area contributed by atoms with Gasteiger partial charge in [0.05, 0.1) is 0 Å². The molecule has 0 aliphatic rings. The minimum Gasteiger partial charge on any atom is -0.360 e. The molecule has 0 bridgehead atoms. The van der Waals surface area contributed by atoms with E-state index in [-0.39, 0.29) is 12.1 Å². The molecule has 0 aliphatic heterocycles. The van der Waals surface area contributed by atoms with Gasteiger partial charge in [-0.15, -0.1) is 0 Å². The van der Waals surface area contributed by atoms with E-state index in [9.17, 15) is 27.6 Å². The molecule has 0 saturated carbocycles. The molecule has 4 rings (SSSR count). The summed E-state index contributed by atoms with van der Waals surface area (Å²) in [6.07, 6.45) is -3.60. The summed E-state index contributed by atoms with van der Waals surface area (Å²) in [6.45, 7) is -0.294. The Morgan fingerprint density at radius 1 is 0.882 bits per heavy atom. The van der Waals surface area contributed by atoms with Crippen LogP contribution in [0.3, 0.4) is 0 Å². The van der Waals surface area contributed by atoms with Gasteiger partial charge < -0.3 is 15.6 Å². The van der Waals surface area contributed by atoms with Crippen LogP contribution in [0.4, 0.5) is 18.9 Å². The highest BCUT2D eigenvalue weighted by Gasteiger charge is 2.38. The van der Waals surface area contributed by atoms with Gasteiger partial charge in [-0.3, -0.25) is 14.4 Å². The van der Waals surface area contributed by atoms with E-state index in [0.717, 1.165) is 0 Å². The Bertz CT molecular complexity index is 1430. The minimum absolute atomic E-state index is 0.0338. The molecule has 0 aliphatic carbocycles. The van der Waals surface area contributed by atoms with Gasteiger partial charge in [-0.2, -0.15) is 13.2 Å². The second kappa shape index (κ2) is 9.22. The monoisotopic (exact) mass is 465 g/mol. The lowest BCUT2D eigenvalue weighted by Crippen LogP contribution is -2.36. The van der Waals surface area contributed by atoms with E-state index in [0.29, 0.717) is 33.3 Å². The summed E-state index contributed by atoms with van der Waals surface area (Å²) in [7, 11) is 0. The second-order valence-electron chi connectivity index (χ2n) is 7.45. The molecule has 0 unspecified atom stereocenters. The smallest absolute Gasteiger partial charge is 0.360 e. The van der Waals surface area contributed by atoms with Crippen molar-refractivity contribution in [2.75, 3.05) is 5.32 Å². The van der Waals surface area contributed by atoms with E-state index < -0.39 is 23.4 Å². The van der Waals surface area contributed by atoms with Gasteiger partial charge in [0, 0.05) is 29.3 Å². The number of hydrogen-bond donors (Lipinski definition) is 3. The summed E-state index contributed by atoms with van der Waals surface area (Å²) in [5, 5.41) is 4.94. The number of aromatic nitrogens is 1. The van der Waals surface area contributed by atoms with Crippen LogP contribution >= 0.6 is 0 Å². The van der Waals surface area contributed by atoms with Crippen molar-refractivity contribution in [1.29, 1.82) is 0 Å². The van der Waals surface area contributed by atoms with E-state index >= 15 is 0 Å². The molecular weight excluding hydrogens is 447 g/mol. The van der Waals surface area contributed by atoms with Crippen molar-refractivity contribution in [3.8, 4) is 11.1 Å². The molecule has 1 heterocycles. The molecule has 9 heteroatoms. The van der Waals surface area contributed by atoms with Crippen molar-refractivity contribution >= 4 is 28.4 Å². The molecule has 0 spiro atoms. The number of amides is 2. The van der Waals surface area contributed by atoms with Crippen LogP contribution in [0.2, 0.25) is 0 Å². The average Bonchev–Trinajstić information content (AvgIpc) is 2.83. The van der Waals surface area contributed by atoms with Crippen molar-refractivity contribution in [3.63, 3.8) is 0 Å². The summed E-state index contributed by atoms with van der Waals surface area (Å²) < 4.78 is 37.4. The fraction of sp³-hybridized carbons (Fsp3) is 0.0800. The standard InChI is InChI=1S/C25H18F3N3O3/c26-25(27,28)24(34)30-13-16-5-1-2-6-18(16)15-9-11-17(12-10-15)31-23(33)20-14-29-21-8-4-3-7-19(21)22(20)32/h1-12,14H,13H2,(H,29,32)(H,30,34)(H,31,33). The van der Waals surface area contributed by atoms with E-state index in [4.69, 9.17) is 0 Å². The number of nitrogens with one attached hydrogen (secondary N) is 3. The first-order chi connectivity index (χ1) is 16.2. The number of hydrogen-bond acceptors (Lipinski definition) is 3. The number of anilines is 1. The maximum atomic E-state index is 12.7. The highest BCUT2D eigenvalue weighted by atomic mass is 19.4. The number of aromatic amines is 1. The number of carbonyl (C=O) groups excluding carboxylic acids is 2. The van der Waals surface area contributed by atoms with Gasteiger partial charge in [-0.05, 0) is 41.0 Å². The van der Waals surface area contributed by atoms with E-state index in [2.05, 4.69) is 10.3 Å². The SMILES string of the molecule is O=C(Nc1ccc(-c2ccccc2CNC(=O)C(F)(F)F)cc1)c1c[nH]c2ccccc2c1=O. The third-order valence-corrected chi connectivity index (χ3v) is 5.20. The Kier molecular flexibility index (Phi) is 6.18. The number of carbonyl (C=O) groups is 2. The largest absolute Gasteiger partial charge is 0.471 e. The zero-order valence-electron chi connectivity index (χ0n) is 17.6. The van der Waals surface area contributed by atoms with Gasteiger partial charge in [0.25, 0.3) is 5.91 Å². The Morgan fingerprint density at radius 2 is 1.56 bits per heavy atom. The topological polar surface area (TPSA) is 91.1 Å². The molecule has 172 valence electrons. The summed E-state index contributed by atoms with van der Waals surface area (Å²) in [5.74, 6) is -2.58. The Balaban J connectivity index is 1.51. The first-order valence-electron chi connectivity index (χ1n) is 10.2. The van der Waals surface area contributed by atoms with Crippen LogP contribution in [-0.4, -0.2) is 23.0 Å². The number of benzene rings is 3. The average molecular weight is 465 g/mol. The zero-order valence-corrected chi connectivity index (χ0v) is 17.6. The highest BCUT2D eigenvalue weighted by Crippen LogP contribution is 2.26. The molecule has 0 radical (unpaired) electrons. The van der Waals surface area contributed by atoms with Crippen molar-refractivity contribution in [1.82, 2.24) is 10.3 Å². The minimum atomic E-state index is -4.96. The van der Waals surface area contributed by atoms with Crippen LogP contribution in [0, 0.1) is 0 Å². The number of fused-ring (bicyclic) bond motifs is 1. The van der Waals surface area contributed by atoms with Gasteiger partial charge in [0.2, 0.25) is 5.43 Å². The predicted octanol–water partition coefficient (Wildman–Crippen LogP) is 4.63. The molecule has 3 N–H and O–H groups in total. The lowest BCUT2D eigenvalue weighted by Gasteiger charge is -2.13. The van der Waals surface area contributed by atoms with Gasteiger partial charge in [-0.25, -0.2) is 0 Å². The summed E-state index contributed by atoms with van der Waals surface area (Å²) in [5.41, 5.74) is 2.45. The third kappa shape index (κ3) is 4.83. The van der Waals surface area contributed by atoms with E-state index in [1.54, 1.807) is 72.8 Å². The van der Waals surface area contributed by atoms with Crippen LogP contribution in [0.25, 0.3) is 22.0 Å². The first kappa shape index (κ1) is 22.8. The molecule has 0 fully saturated rings. The lowest BCUT2D eigenvalue weighted by molar-refractivity contribution is -0.173. The molecule has 34 heavy (non-hydrogen) atoms. The van der Waals surface area contributed by atoms with E-state index in [1.165, 1.54) is 6.20 Å². The lowest BCUT2D eigenvalue weighted by atomic mass is 9.99. The maximum Gasteiger partial charge on any atom is 0.471 e. The molecule has 1 aromatic heterocycles.